The largest absolute Gasteiger partial charge is 0.381 e. The molecule has 2 N–H and O–H groups in total. The highest BCUT2D eigenvalue weighted by Crippen LogP contribution is 2.16. The molecule has 1 amide bonds. The third-order valence-electron chi connectivity index (χ3n) is 3.22. The molecule has 1 saturated heterocycles. The van der Waals surface area contributed by atoms with Gasteiger partial charge in [-0.3, -0.25) is 4.79 Å². The number of benzene rings is 1. The molecule has 0 bridgehead atoms. The summed E-state index contributed by atoms with van der Waals surface area (Å²) < 4.78 is 0. The highest BCUT2D eigenvalue weighted by atomic mass is 16.1. The lowest BCUT2D eigenvalue weighted by atomic mass is 10.1. The maximum absolute atomic E-state index is 11.7. The molecule has 1 heterocycles. The molecule has 1 atom stereocenters. The highest BCUT2D eigenvalue weighted by molar-refractivity contribution is 5.95. The molecule has 1 aliphatic heterocycles. The minimum absolute atomic E-state index is 0.00955. The second-order valence-corrected chi connectivity index (χ2v) is 4.83. The average Bonchev–Trinajstić information content (AvgIpc) is 2.75. The van der Waals surface area contributed by atoms with Gasteiger partial charge in [0.2, 0.25) is 0 Å². The third-order valence-corrected chi connectivity index (χ3v) is 3.22. The smallest absolute Gasteiger partial charge is 0.251 e. The van der Waals surface area contributed by atoms with Crippen LogP contribution in [0.25, 0.3) is 0 Å². The lowest BCUT2D eigenvalue weighted by Crippen LogP contribution is -2.24. The number of carbonyl (C=O) groups excluding carboxylic acids is 1. The quantitative estimate of drug-likeness (QED) is 0.848. The molecule has 1 aliphatic rings. The minimum atomic E-state index is -0.00955. The van der Waals surface area contributed by atoms with Gasteiger partial charge in [0.15, 0.2) is 0 Å². The molecule has 1 fully saturated rings. The Labute approximate surface area is 108 Å². The van der Waals surface area contributed by atoms with Crippen LogP contribution in [-0.4, -0.2) is 43.5 Å². The van der Waals surface area contributed by atoms with Gasteiger partial charge in [-0.1, -0.05) is 6.07 Å². The van der Waals surface area contributed by atoms with Crippen LogP contribution in [0, 0.1) is 0 Å². The van der Waals surface area contributed by atoms with Crippen molar-refractivity contribution in [3.05, 3.63) is 29.8 Å². The van der Waals surface area contributed by atoms with E-state index < -0.39 is 0 Å². The standard InChI is InChI=1S/C14H21N3O/c1-3-15-14(18)11-5-4-6-12(9-11)16-13-7-8-17(2)10-13/h4-6,9,13,16H,3,7-8,10H2,1-2H3,(H,15,18). The molecule has 0 aliphatic carbocycles. The summed E-state index contributed by atoms with van der Waals surface area (Å²) in [4.78, 5) is 14.0. The average molecular weight is 247 g/mol. The van der Waals surface area contributed by atoms with E-state index in [-0.39, 0.29) is 5.91 Å². The van der Waals surface area contributed by atoms with Gasteiger partial charge in [0.05, 0.1) is 0 Å². The number of amides is 1. The molecule has 18 heavy (non-hydrogen) atoms. The van der Waals surface area contributed by atoms with Crippen molar-refractivity contribution in [3.63, 3.8) is 0 Å². The van der Waals surface area contributed by atoms with Crippen LogP contribution in [0.3, 0.4) is 0 Å². The van der Waals surface area contributed by atoms with Crippen molar-refractivity contribution in [2.24, 2.45) is 0 Å². The topological polar surface area (TPSA) is 44.4 Å². The predicted octanol–water partition coefficient (Wildman–Crippen LogP) is 1.55. The van der Waals surface area contributed by atoms with Crippen LogP contribution in [0.5, 0.6) is 0 Å². The first-order valence-corrected chi connectivity index (χ1v) is 6.52. The van der Waals surface area contributed by atoms with E-state index in [1.54, 1.807) is 0 Å². The minimum Gasteiger partial charge on any atom is -0.381 e. The molecule has 1 aromatic rings. The van der Waals surface area contributed by atoms with Crippen molar-refractivity contribution >= 4 is 11.6 Å². The summed E-state index contributed by atoms with van der Waals surface area (Å²) in [5.74, 6) is -0.00955. The fraction of sp³-hybridized carbons (Fsp3) is 0.500. The van der Waals surface area contributed by atoms with E-state index in [9.17, 15) is 4.79 Å². The van der Waals surface area contributed by atoms with E-state index in [1.807, 2.05) is 31.2 Å². The fourth-order valence-corrected chi connectivity index (χ4v) is 2.30. The van der Waals surface area contributed by atoms with Crippen molar-refractivity contribution in [1.29, 1.82) is 0 Å². The summed E-state index contributed by atoms with van der Waals surface area (Å²) in [6, 6.07) is 8.19. The molecule has 98 valence electrons. The number of hydrogen-bond acceptors (Lipinski definition) is 3. The van der Waals surface area contributed by atoms with Gasteiger partial charge in [-0.05, 0) is 45.1 Å². The van der Waals surface area contributed by atoms with Gasteiger partial charge in [-0.25, -0.2) is 0 Å². The van der Waals surface area contributed by atoms with Crippen molar-refractivity contribution in [3.8, 4) is 0 Å². The van der Waals surface area contributed by atoms with Crippen LogP contribution in [0.4, 0.5) is 5.69 Å². The van der Waals surface area contributed by atoms with Crippen LogP contribution in [0.15, 0.2) is 24.3 Å². The molecule has 1 unspecified atom stereocenters. The Morgan fingerprint density at radius 2 is 2.33 bits per heavy atom. The van der Waals surface area contributed by atoms with Crippen LogP contribution < -0.4 is 10.6 Å². The Morgan fingerprint density at radius 1 is 1.50 bits per heavy atom. The van der Waals surface area contributed by atoms with Gasteiger partial charge in [-0.15, -0.1) is 0 Å². The van der Waals surface area contributed by atoms with Crippen molar-refractivity contribution in [2.45, 2.75) is 19.4 Å². The molecule has 0 radical (unpaired) electrons. The summed E-state index contributed by atoms with van der Waals surface area (Å²) in [6.07, 6.45) is 1.15. The molecule has 2 rings (SSSR count). The zero-order valence-corrected chi connectivity index (χ0v) is 11.1. The Kier molecular flexibility index (Phi) is 4.20. The summed E-state index contributed by atoms with van der Waals surface area (Å²) >= 11 is 0. The zero-order chi connectivity index (χ0) is 13.0. The van der Waals surface area contributed by atoms with Crippen LogP contribution in [-0.2, 0) is 0 Å². The number of likely N-dealkylation sites (tertiary alicyclic amines) is 1. The van der Waals surface area contributed by atoms with Gasteiger partial charge in [0, 0.05) is 30.4 Å². The van der Waals surface area contributed by atoms with Gasteiger partial charge in [0.1, 0.15) is 0 Å². The normalized spacial score (nSPS) is 19.8. The zero-order valence-electron chi connectivity index (χ0n) is 11.1. The lowest BCUT2D eigenvalue weighted by Gasteiger charge is -2.15. The first kappa shape index (κ1) is 12.9. The second-order valence-electron chi connectivity index (χ2n) is 4.83. The first-order valence-electron chi connectivity index (χ1n) is 6.52. The Morgan fingerprint density at radius 3 is 3.00 bits per heavy atom. The van der Waals surface area contributed by atoms with E-state index in [2.05, 4.69) is 22.6 Å². The Hall–Kier alpha value is -1.55. The molecular formula is C14H21N3O. The number of nitrogens with zero attached hydrogens (tertiary/aromatic N) is 1. The van der Waals surface area contributed by atoms with Gasteiger partial charge >= 0.3 is 0 Å². The number of hydrogen-bond donors (Lipinski definition) is 2. The van der Waals surface area contributed by atoms with Gasteiger partial charge < -0.3 is 15.5 Å². The van der Waals surface area contributed by atoms with Crippen molar-refractivity contribution in [2.75, 3.05) is 32.0 Å². The van der Waals surface area contributed by atoms with Crippen LogP contribution in [0.2, 0.25) is 0 Å². The molecule has 0 aromatic heterocycles. The fourth-order valence-electron chi connectivity index (χ4n) is 2.30. The Balaban J connectivity index is 2.01. The van der Waals surface area contributed by atoms with Gasteiger partial charge in [0.25, 0.3) is 5.91 Å². The molecule has 0 saturated carbocycles. The van der Waals surface area contributed by atoms with Crippen molar-refractivity contribution < 1.29 is 4.79 Å². The molecule has 1 aromatic carbocycles. The van der Waals surface area contributed by atoms with Gasteiger partial charge in [-0.2, -0.15) is 0 Å². The van der Waals surface area contributed by atoms with Crippen LogP contribution >= 0.6 is 0 Å². The third kappa shape index (κ3) is 3.23. The van der Waals surface area contributed by atoms with E-state index in [4.69, 9.17) is 0 Å². The number of carbonyl (C=O) groups is 1. The molecular weight excluding hydrogens is 226 g/mol. The summed E-state index contributed by atoms with van der Waals surface area (Å²) in [5.41, 5.74) is 1.74. The van der Waals surface area contributed by atoms with E-state index in [0.29, 0.717) is 18.2 Å². The number of anilines is 1. The SMILES string of the molecule is CCNC(=O)c1cccc(NC2CCN(C)C2)c1. The summed E-state index contributed by atoms with van der Waals surface area (Å²) in [7, 11) is 2.13. The van der Waals surface area contributed by atoms with E-state index in [0.717, 1.165) is 25.2 Å². The highest BCUT2D eigenvalue weighted by Gasteiger charge is 2.19. The first-order chi connectivity index (χ1) is 8.69. The number of likely N-dealkylation sites (N-methyl/N-ethyl adjacent to an activating group) is 1. The maximum Gasteiger partial charge on any atom is 0.251 e. The summed E-state index contributed by atoms with van der Waals surface area (Å²) in [5, 5.41) is 6.30. The monoisotopic (exact) mass is 247 g/mol. The molecule has 4 nitrogen and oxygen atoms in total. The number of rotatable bonds is 4. The lowest BCUT2D eigenvalue weighted by molar-refractivity contribution is 0.0956. The Bertz CT molecular complexity index is 419. The summed E-state index contributed by atoms with van der Waals surface area (Å²) in [6.45, 7) is 4.78. The van der Waals surface area contributed by atoms with Crippen LogP contribution in [0.1, 0.15) is 23.7 Å². The van der Waals surface area contributed by atoms with E-state index in [1.165, 1.54) is 0 Å². The molecule has 4 heteroatoms. The predicted molar refractivity (Wildman–Crippen MR) is 74.0 cm³/mol. The second kappa shape index (κ2) is 5.87. The van der Waals surface area contributed by atoms with E-state index >= 15 is 0 Å². The number of nitrogens with one attached hydrogen (secondary N) is 2. The maximum atomic E-state index is 11.7. The van der Waals surface area contributed by atoms with Crippen molar-refractivity contribution in [1.82, 2.24) is 10.2 Å². The molecule has 0 spiro atoms.